The van der Waals surface area contributed by atoms with Crippen molar-refractivity contribution in [1.29, 1.82) is 0 Å². The van der Waals surface area contributed by atoms with Crippen LogP contribution < -0.4 is 5.32 Å². The molecule has 0 spiro atoms. The van der Waals surface area contributed by atoms with Crippen molar-refractivity contribution in [2.24, 2.45) is 0 Å². The molecule has 0 radical (unpaired) electrons. The number of benzene rings is 1. The van der Waals surface area contributed by atoms with E-state index in [1.54, 1.807) is 0 Å². The van der Waals surface area contributed by atoms with Crippen molar-refractivity contribution in [2.75, 3.05) is 19.6 Å². The van der Waals surface area contributed by atoms with Crippen molar-refractivity contribution in [2.45, 2.75) is 39.3 Å². The Labute approximate surface area is 115 Å². The van der Waals surface area contributed by atoms with Gasteiger partial charge in [-0.15, -0.1) is 0 Å². The van der Waals surface area contributed by atoms with Crippen LogP contribution in [0.1, 0.15) is 37.9 Å². The summed E-state index contributed by atoms with van der Waals surface area (Å²) in [6.45, 7) is 12.2. The molecule has 1 aromatic carbocycles. The molecule has 1 heterocycles. The molecule has 0 aromatic heterocycles. The molecule has 0 amide bonds. The van der Waals surface area contributed by atoms with Gasteiger partial charge in [0.1, 0.15) is 0 Å². The van der Waals surface area contributed by atoms with E-state index >= 15 is 0 Å². The molecule has 2 rings (SSSR count). The first-order valence-electron chi connectivity index (χ1n) is 6.64. The van der Waals surface area contributed by atoms with E-state index in [4.69, 9.17) is 11.6 Å². The zero-order valence-corrected chi connectivity index (χ0v) is 12.5. The molecule has 0 saturated carbocycles. The van der Waals surface area contributed by atoms with Gasteiger partial charge in [-0.2, -0.15) is 0 Å². The highest BCUT2D eigenvalue weighted by Crippen LogP contribution is 2.28. The van der Waals surface area contributed by atoms with Gasteiger partial charge in [-0.3, -0.25) is 4.90 Å². The lowest BCUT2D eigenvalue weighted by atomic mass is 9.96. The number of aryl methyl sites for hydroxylation is 1. The predicted octanol–water partition coefficient (Wildman–Crippen LogP) is 3.39. The number of hydrogen-bond acceptors (Lipinski definition) is 2. The first kappa shape index (κ1) is 13.9. The number of nitrogens with zero attached hydrogens (tertiary/aromatic N) is 1. The van der Waals surface area contributed by atoms with Gasteiger partial charge in [-0.25, -0.2) is 0 Å². The molecule has 1 saturated heterocycles. The third-order valence-corrected chi connectivity index (χ3v) is 4.08. The standard InChI is InChI=1S/C15H23ClN2/c1-11-5-6-13(16)9-14(11)12(2)18-8-7-17-15(3,4)10-18/h5-6,9,12,17H,7-8,10H2,1-4H3/t12-/m1/s1. The smallest absolute Gasteiger partial charge is 0.0409 e. The molecule has 1 atom stereocenters. The van der Waals surface area contributed by atoms with Gasteiger partial charge in [-0.1, -0.05) is 17.7 Å². The van der Waals surface area contributed by atoms with E-state index in [2.05, 4.69) is 50.0 Å². The van der Waals surface area contributed by atoms with E-state index in [0.717, 1.165) is 24.7 Å². The quantitative estimate of drug-likeness (QED) is 0.883. The maximum absolute atomic E-state index is 6.12. The van der Waals surface area contributed by atoms with Gasteiger partial charge in [0.2, 0.25) is 0 Å². The summed E-state index contributed by atoms with van der Waals surface area (Å²) in [5.41, 5.74) is 2.86. The highest BCUT2D eigenvalue weighted by molar-refractivity contribution is 6.30. The minimum Gasteiger partial charge on any atom is -0.309 e. The molecule has 0 aliphatic carbocycles. The molecule has 0 unspecified atom stereocenters. The SMILES string of the molecule is Cc1ccc(Cl)cc1[C@@H](C)N1CCNC(C)(C)C1. The number of nitrogens with one attached hydrogen (secondary N) is 1. The van der Waals surface area contributed by atoms with Crippen LogP contribution in [0.25, 0.3) is 0 Å². The second kappa shape index (κ2) is 5.20. The van der Waals surface area contributed by atoms with Crippen molar-refractivity contribution in [3.63, 3.8) is 0 Å². The fourth-order valence-electron chi connectivity index (χ4n) is 2.77. The molecule has 1 fully saturated rings. The van der Waals surface area contributed by atoms with Crippen LogP contribution >= 0.6 is 11.6 Å². The third kappa shape index (κ3) is 3.05. The van der Waals surface area contributed by atoms with Crippen molar-refractivity contribution in [3.8, 4) is 0 Å². The van der Waals surface area contributed by atoms with Crippen LogP contribution in [0.5, 0.6) is 0 Å². The van der Waals surface area contributed by atoms with Crippen molar-refractivity contribution in [3.05, 3.63) is 34.3 Å². The lowest BCUT2D eigenvalue weighted by molar-refractivity contribution is 0.116. The maximum atomic E-state index is 6.12. The van der Waals surface area contributed by atoms with Gasteiger partial charge in [0.25, 0.3) is 0 Å². The van der Waals surface area contributed by atoms with E-state index in [1.165, 1.54) is 11.1 Å². The molecule has 1 N–H and O–H groups in total. The largest absolute Gasteiger partial charge is 0.309 e. The second-order valence-corrected chi connectivity index (χ2v) is 6.39. The van der Waals surface area contributed by atoms with Gasteiger partial charge in [0, 0.05) is 36.2 Å². The van der Waals surface area contributed by atoms with E-state index in [-0.39, 0.29) is 5.54 Å². The molecule has 1 aliphatic rings. The summed E-state index contributed by atoms with van der Waals surface area (Å²) in [4.78, 5) is 2.54. The Hall–Kier alpha value is -0.570. The Bertz CT molecular complexity index is 429. The summed E-state index contributed by atoms with van der Waals surface area (Å²) in [6.07, 6.45) is 0. The van der Waals surface area contributed by atoms with Crippen molar-refractivity contribution >= 4 is 11.6 Å². The Balaban J connectivity index is 2.20. The van der Waals surface area contributed by atoms with E-state index in [0.29, 0.717) is 6.04 Å². The van der Waals surface area contributed by atoms with E-state index < -0.39 is 0 Å². The number of hydrogen-bond donors (Lipinski definition) is 1. The highest BCUT2D eigenvalue weighted by atomic mass is 35.5. The van der Waals surface area contributed by atoms with Gasteiger partial charge in [0.15, 0.2) is 0 Å². The summed E-state index contributed by atoms with van der Waals surface area (Å²) in [5.74, 6) is 0. The summed E-state index contributed by atoms with van der Waals surface area (Å²) in [6, 6.07) is 6.61. The summed E-state index contributed by atoms with van der Waals surface area (Å²) < 4.78 is 0. The van der Waals surface area contributed by atoms with Gasteiger partial charge < -0.3 is 5.32 Å². The van der Waals surface area contributed by atoms with E-state index in [1.807, 2.05) is 6.07 Å². The third-order valence-electron chi connectivity index (χ3n) is 3.84. The minimum absolute atomic E-state index is 0.193. The Kier molecular flexibility index (Phi) is 4.00. The predicted molar refractivity (Wildman–Crippen MR) is 78.3 cm³/mol. The lowest BCUT2D eigenvalue weighted by Gasteiger charge is -2.42. The zero-order chi connectivity index (χ0) is 13.3. The van der Waals surface area contributed by atoms with Crippen molar-refractivity contribution in [1.82, 2.24) is 10.2 Å². The van der Waals surface area contributed by atoms with E-state index in [9.17, 15) is 0 Å². The van der Waals surface area contributed by atoms with Crippen molar-refractivity contribution < 1.29 is 0 Å². The summed E-state index contributed by atoms with van der Waals surface area (Å²) >= 11 is 6.12. The molecule has 18 heavy (non-hydrogen) atoms. The average molecular weight is 267 g/mol. The normalized spacial score (nSPS) is 21.8. The van der Waals surface area contributed by atoms with Crippen LogP contribution in [0.15, 0.2) is 18.2 Å². The zero-order valence-electron chi connectivity index (χ0n) is 11.8. The molecule has 2 nitrogen and oxygen atoms in total. The maximum Gasteiger partial charge on any atom is 0.0409 e. The first-order chi connectivity index (χ1) is 8.39. The topological polar surface area (TPSA) is 15.3 Å². The molecular formula is C15H23ClN2. The van der Waals surface area contributed by atoms with Crippen LogP contribution in [-0.2, 0) is 0 Å². The van der Waals surface area contributed by atoms with Crippen LogP contribution in [0, 0.1) is 6.92 Å². The summed E-state index contributed by atoms with van der Waals surface area (Å²) in [7, 11) is 0. The minimum atomic E-state index is 0.193. The molecular weight excluding hydrogens is 244 g/mol. The Morgan fingerprint density at radius 3 is 2.78 bits per heavy atom. The average Bonchev–Trinajstić information content (AvgIpc) is 2.30. The first-order valence-corrected chi connectivity index (χ1v) is 7.02. The number of piperazine rings is 1. The fraction of sp³-hybridized carbons (Fsp3) is 0.600. The molecule has 1 aromatic rings. The van der Waals surface area contributed by atoms with Gasteiger partial charge in [-0.05, 0) is 51.0 Å². The fourth-order valence-corrected chi connectivity index (χ4v) is 2.95. The van der Waals surface area contributed by atoms with Crippen LogP contribution in [-0.4, -0.2) is 30.1 Å². The number of halogens is 1. The second-order valence-electron chi connectivity index (χ2n) is 5.96. The van der Waals surface area contributed by atoms with Crippen LogP contribution in [0.4, 0.5) is 0 Å². The van der Waals surface area contributed by atoms with Crippen LogP contribution in [0.3, 0.4) is 0 Å². The number of rotatable bonds is 2. The Morgan fingerprint density at radius 1 is 1.39 bits per heavy atom. The Morgan fingerprint density at radius 2 is 2.11 bits per heavy atom. The van der Waals surface area contributed by atoms with Gasteiger partial charge in [0.05, 0.1) is 0 Å². The molecule has 1 aliphatic heterocycles. The summed E-state index contributed by atoms with van der Waals surface area (Å²) in [5, 5.41) is 4.38. The lowest BCUT2D eigenvalue weighted by Crippen LogP contribution is -2.57. The molecule has 3 heteroatoms. The molecule has 100 valence electrons. The monoisotopic (exact) mass is 266 g/mol. The molecule has 0 bridgehead atoms. The van der Waals surface area contributed by atoms with Gasteiger partial charge >= 0.3 is 0 Å². The highest BCUT2D eigenvalue weighted by Gasteiger charge is 2.29. The van der Waals surface area contributed by atoms with Crippen LogP contribution in [0.2, 0.25) is 5.02 Å².